The van der Waals surface area contributed by atoms with Crippen molar-refractivity contribution in [3.05, 3.63) is 71.8 Å². The van der Waals surface area contributed by atoms with Crippen LogP contribution in [0.4, 0.5) is 0 Å². The molecule has 1 heterocycles. The zero-order chi connectivity index (χ0) is 17.6. The molecule has 1 saturated heterocycles. The van der Waals surface area contributed by atoms with Crippen LogP contribution in [0, 0.1) is 0 Å². The fourth-order valence-corrected chi connectivity index (χ4v) is 2.91. The zero-order valence-electron chi connectivity index (χ0n) is 14.2. The quantitative estimate of drug-likeness (QED) is 0.788. The molecule has 3 rings (SSSR count). The zero-order valence-corrected chi connectivity index (χ0v) is 14.2. The molecule has 2 aromatic rings. The summed E-state index contributed by atoms with van der Waals surface area (Å²) in [5, 5.41) is 20.9. The van der Waals surface area contributed by atoms with E-state index in [2.05, 4.69) is 0 Å². The summed E-state index contributed by atoms with van der Waals surface area (Å²) in [5.74, 6) is 0. The smallest absolute Gasteiger partial charge is 0.181 e. The maximum absolute atomic E-state index is 10.6. The topological polar surface area (TPSA) is 68.2 Å². The molecule has 0 aliphatic carbocycles. The fraction of sp³-hybridized carbons (Fsp3) is 0.400. The summed E-state index contributed by atoms with van der Waals surface area (Å²) in [6, 6.07) is 18.8. The monoisotopic (exact) mass is 344 g/mol. The predicted molar refractivity (Wildman–Crippen MR) is 92.7 cm³/mol. The number of ether oxygens (including phenoxy) is 3. The van der Waals surface area contributed by atoms with Gasteiger partial charge in [0.2, 0.25) is 0 Å². The predicted octanol–water partition coefficient (Wildman–Crippen LogP) is 2.43. The van der Waals surface area contributed by atoms with Crippen LogP contribution in [0.1, 0.15) is 24.3 Å². The third kappa shape index (κ3) is 4.66. The van der Waals surface area contributed by atoms with Crippen LogP contribution in [0.3, 0.4) is 0 Å². The SMILES string of the molecule is C[C@@H]1OC[C@H](OC(O)c2ccccc2)C(O)[C@H]1OCc1ccccc1. The van der Waals surface area contributed by atoms with Gasteiger partial charge in [-0.3, -0.25) is 0 Å². The molecular weight excluding hydrogens is 320 g/mol. The molecule has 2 unspecified atom stereocenters. The first-order chi connectivity index (χ1) is 12.1. The Morgan fingerprint density at radius 1 is 1.08 bits per heavy atom. The molecule has 0 amide bonds. The highest BCUT2D eigenvalue weighted by Crippen LogP contribution is 2.25. The molecule has 5 heteroatoms. The van der Waals surface area contributed by atoms with Gasteiger partial charge in [0.05, 0.1) is 19.3 Å². The van der Waals surface area contributed by atoms with Crippen molar-refractivity contribution in [1.82, 2.24) is 0 Å². The second kappa shape index (κ2) is 8.56. The summed E-state index contributed by atoms with van der Waals surface area (Å²) >= 11 is 0. The second-order valence-corrected chi connectivity index (χ2v) is 6.23. The lowest BCUT2D eigenvalue weighted by molar-refractivity contribution is -0.252. The Kier molecular flexibility index (Phi) is 6.18. The number of aliphatic hydroxyl groups excluding tert-OH is 2. The molecule has 134 valence electrons. The molecule has 1 aliphatic rings. The van der Waals surface area contributed by atoms with E-state index < -0.39 is 24.6 Å². The van der Waals surface area contributed by atoms with Crippen molar-refractivity contribution < 1.29 is 24.4 Å². The average molecular weight is 344 g/mol. The molecular formula is C20H24O5. The van der Waals surface area contributed by atoms with Gasteiger partial charge in [0.25, 0.3) is 0 Å². The van der Waals surface area contributed by atoms with Crippen molar-refractivity contribution in [3.63, 3.8) is 0 Å². The Balaban J connectivity index is 1.60. The van der Waals surface area contributed by atoms with Crippen molar-refractivity contribution in [2.75, 3.05) is 6.61 Å². The van der Waals surface area contributed by atoms with Crippen LogP contribution in [-0.2, 0) is 20.8 Å². The Bertz CT molecular complexity index is 633. The number of rotatable bonds is 6. The Hall–Kier alpha value is -1.76. The highest BCUT2D eigenvalue weighted by atomic mass is 16.6. The maximum Gasteiger partial charge on any atom is 0.181 e. The minimum absolute atomic E-state index is 0.206. The van der Waals surface area contributed by atoms with E-state index in [9.17, 15) is 10.2 Å². The first kappa shape index (κ1) is 18.0. The Morgan fingerprint density at radius 3 is 2.40 bits per heavy atom. The number of benzene rings is 2. The molecule has 25 heavy (non-hydrogen) atoms. The van der Waals surface area contributed by atoms with E-state index >= 15 is 0 Å². The van der Waals surface area contributed by atoms with Crippen molar-refractivity contribution in [3.8, 4) is 0 Å². The van der Waals surface area contributed by atoms with Gasteiger partial charge >= 0.3 is 0 Å². The molecule has 2 aromatic carbocycles. The van der Waals surface area contributed by atoms with Crippen LogP contribution < -0.4 is 0 Å². The number of aliphatic hydroxyl groups is 2. The molecule has 0 spiro atoms. The molecule has 5 nitrogen and oxygen atoms in total. The van der Waals surface area contributed by atoms with Gasteiger partial charge in [0, 0.05) is 5.56 Å². The maximum atomic E-state index is 10.6. The van der Waals surface area contributed by atoms with Gasteiger partial charge in [-0.05, 0) is 12.5 Å². The lowest BCUT2D eigenvalue weighted by Gasteiger charge is -2.39. The third-order valence-electron chi connectivity index (χ3n) is 4.38. The van der Waals surface area contributed by atoms with Gasteiger partial charge in [0.1, 0.15) is 18.3 Å². The molecule has 0 bridgehead atoms. The Morgan fingerprint density at radius 2 is 1.72 bits per heavy atom. The molecule has 2 N–H and O–H groups in total. The van der Waals surface area contributed by atoms with Gasteiger partial charge in [-0.2, -0.15) is 0 Å². The van der Waals surface area contributed by atoms with Crippen LogP contribution >= 0.6 is 0 Å². The summed E-state index contributed by atoms with van der Waals surface area (Å²) in [5.41, 5.74) is 1.66. The summed E-state index contributed by atoms with van der Waals surface area (Å²) in [6.07, 6.45) is -3.44. The fourth-order valence-electron chi connectivity index (χ4n) is 2.91. The lowest BCUT2D eigenvalue weighted by atomic mass is 10.0. The van der Waals surface area contributed by atoms with Crippen LogP contribution in [-0.4, -0.2) is 41.2 Å². The highest BCUT2D eigenvalue weighted by molar-refractivity contribution is 5.16. The molecule has 0 radical (unpaired) electrons. The first-order valence-corrected chi connectivity index (χ1v) is 8.49. The van der Waals surface area contributed by atoms with E-state index in [0.717, 1.165) is 5.56 Å². The van der Waals surface area contributed by atoms with Crippen LogP contribution in [0.15, 0.2) is 60.7 Å². The third-order valence-corrected chi connectivity index (χ3v) is 4.38. The minimum Gasteiger partial charge on any atom is -0.387 e. The summed E-state index contributed by atoms with van der Waals surface area (Å²) in [4.78, 5) is 0. The van der Waals surface area contributed by atoms with Crippen molar-refractivity contribution in [1.29, 1.82) is 0 Å². The molecule has 1 fully saturated rings. The number of hydrogen-bond acceptors (Lipinski definition) is 5. The number of hydrogen-bond donors (Lipinski definition) is 2. The van der Waals surface area contributed by atoms with Crippen LogP contribution in [0.25, 0.3) is 0 Å². The summed E-state index contributed by atoms with van der Waals surface area (Å²) < 4.78 is 17.2. The van der Waals surface area contributed by atoms with Gasteiger partial charge < -0.3 is 24.4 Å². The van der Waals surface area contributed by atoms with E-state index in [1.54, 1.807) is 12.1 Å². The van der Waals surface area contributed by atoms with E-state index in [1.165, 1.54) is 0 Å². The first-order valence-electron chi connectivity index (χ1n) is 8.49. The van der Waals surface area contributed by atoms with Gasteiger partial charge in [-0.25, -0.2) is 0 Å². The van der Waals surface area contributed by atoms with E-state index in [1.807, 2.05) is 55.5 Å². The minimum atomic E-state index is -1.12. The van der Waals surface area contributed by atoms with Crippen molar-refractivity contribution >= 4 is 0 Å². The molecule has 5 atom stereocenters. The lowest BCUT2D eigenvalue weighted by Crippen LogP contribution is -2.54. The normalized spacial score (nSPS) is 27.8. The molecule has 0 saturated carbocycles. The largest absolute Gasteiger partial charge is 0.387 e. The summed E-state index contributed by atoms with van der Waals surface area (Å²) in [6.45, 7) is 2.45. The standard InChI is InChI=1S/C20H24O5/c1-14-19(24-12-15-8-4-2-5-9-15)18(21)17(13-23-14)25-20(22)16-10-6-3-7-11-16/h2-11,14,17-22H,12-13H2,1H3/t14-,17-,18?,19-,20?/m0/s1. The average Bonchev–Trinajstić information content (AvgIpc) is 2.65. The molecule has 1 aliphatic heterocycles. The highest BCUT2D eigenvalue weighted by Gasteiger charge is 2.40. The Labute approximate surface area is 147 Å². The molecule has 0 aromatic heterocycles. The second-order valence-electron chi connectivity index (χ2n) is 6.23. The summed E-state index contributed by atoms with van der Waals surface area (Å²) in [7, 11) is 0. The van der Waals surface area contributed by atoms with Gasteiger partial charge in [-0.1, -0.05) is 60.7 Å². The van der Waals surface area contributed by atoms with Gasteiger partial charge in [0.15, 0.2) is 6.29 Å². The van der Waals surface area contributed by atoms with Crippen molar-refractivity contribution in [2.24, 2.45) is 0 Å². The van der Waals surface area contributed by atoms with Crippen molar-refractivity contribution in [2.45, 2.75) is 44.2 Å². The van der Waals surface area contributed by atoms with Crippen LogP contribution in [0.2, 0.25) is 0 Å². The van der Waals surface area contributed by atoms with Crippen LogP contribution in [0.5, 0.6) is 0 Å². The van der Waals surface area contributed by atoms with E-state index in [0.29, 0.717) is 12.2 Å². The van der Waals surface area contributed by atoms with E-state index in [4.69, 9.17) is 14.2 Å². The van der Waals surface area contributed by atoms with E-state index in [-0.39, 0.29) is 12.7 Å². The van der Waals surface area contributed by atoms with Gasteiger partial charge in [-0.15, -0.1) is 0 Å².